The van der Waals surface area contributed by atoms with Crippen LogP contribution in [0.1, 0.15) is 37.6 Å². The average molecular weight is 341 g/mol. The van der Waals surface area contributed by atoms with Crippen LogP contribution in [0.15, 0.2) is 18.2 Å². The van der Waals surface area contributed by atoms with Crippen molar-refractivity contribution in [2.75, 3.05) is 26.2 Å². The van der Waals surface area contributed by atoms with Crippen LogP contribution in [0.5, 0.6) is 0 Å². The van der Waals surface area contributed by atoms with E-state index < -0.39 is 5.82 Å². The standard InChI is InChI=1S/C17H22ClFN2O2/c1-17(2,3)11-15(22)20-6-8-21(9-7-20)16(23)12-4-5-14(19)13(18)10-12/h4-5,10H,6-9,11H2,1-3H3. The molecule has 126 valence electrons. The maximum absolute atomic E-state index is 13.2. The van der Waals surface area contributed by atoms with Crippen molar-refractivity contribution in [1.29, 1.82) is 0 Å². The Morgan fingerprint density at radius 2 is 1.70 bits per heavy atom. The highest BCUT2D eigenvalue weighted by Crippen LogP contribution is 2.21. The molecule has 0 aliphatic carbocycles. The zero-order valence-electron chi connectivity index (χ0n) is 13.7. The van der Waals surface area contributed by atoms with Gasteiger partial charge in [-0.05, 0) is 23.6 Å². The third-order valence-electron chi connectivity index (χ3n) is 3.77. The molecule has 4 nitrogen and oxygen atoms in total. The van der Waals surface area contributed by atoms with Gasteiger partial charge in [0.05, 0.1) is 5.02 Å². The number of amides is 2. The molecular weight excluding hydrogens is 319 g/mol. The molecule has 1 aliphatic rings. The molecule has 1 fully saturated rings. The molecule has 1 saturated heterocycles. The van der Waals surface area contributed by atoms with Crippen molar-refractivity contribution in [2.24, 2.45) is 5.41 Å². The fourth-order valence-corrected chi connectivity index (χ4v) is 2.72. The molecular formula is C17H22ClFN2O2. The zero-order valence-corrected chi connectivity index (χ0v) is 14.5. The molecule has 1 aromatic rings. The lowest BCUT2D eigenvalue weighted by Crippen LogP contribution is -2.51. The average Bonchev–Trinajstić information content (AvgIpc) is 2.48. The summed E-state index contributed by atoms with van der Waals surface area (Å²) in [6.07, 6.45) is 0.495. The number of nitrogens with zero attached hydrogens (tertiary/aromatic N) is 2. The van der Waals surface area contributed by atoms with Gasteiger partial charge in [0.15, 0.2) is 0 Å². The maximum Gasteiger partial charge on any atom is 0.254 e. The SMILES string of the molecule is CC(C)(C)CC(=O)N1CCN(C(=O)c2ccc(F)c(Cl)c2)CC1. The first-order valence-corrected chi connectivity index (χ1v) is 8.07. The lowest BCUT2D eigenvalue weighted by molar-refractivity contribution is -0.134. The second kappa shape index (κ2) is 6.87. The van der Waals surface area contributed by atoms with Crippen LogP contribution >= 0.6 is 11.6 Å². The zero-order chi connectivity index (χ0) is 17.2. The van der Waals surface area contributed by atoms with Gasteiger partial charge in [0, 0.05) is 38.2 Å². The van der Waals surface area contributed by atoms with Gasteiger partial charge in [-0.3, -0.25) is 9.59 Å². The van der Waals surface area contributed by atoms with Gasteiger partial charge >= 0.3 is 0 Å². The molecule has 0 bridgehead atoms. The first-order valence-electron chi connectivity index (χ1n) is 7.69. The van der Waals surface area contributed by atoms with Gasteiger partial charge in [0.25, 0.3) is 5.91 Å². The molecule has 0 radical (unpaired) electrons. The van der Waals surface area contributed by atoms with Crippen molar-refractivity contribution in [3.63, 3.8) is 0 Å². The molecule has 2 amide bonds. The Bertz CT molecular complexity index is 605. The highest BCUT2D eigenvalue weighted by atomic mass is 35.5. The summed E-state index contributed by atoms with van der Waals surface area (Å²) in [6, 6.07) is 3.97. The summed E-state index contributed by atoms with van der Waals surface area (Å²) in [4.78, 5) is 28.1. The number of carbonyl (C=O) groups is 2. The van der Waals surface area contributed by atoms with Crippen LogP contribution in [0, 0.1) is 11.2 Å². The molecule has 0 aromatic heterocycles. The topological polar surface area (TPSA) is 40.6 Å². The maximum atomic E-state index is 13.2. The quantitative estimate of drug-likeness (QED) is 0.829. The number of carbonyl (C=O) groups excluding carboxylic acids is 2. The Morgan fingerprint density at radius 1 is 1.13 bits per heavy atom. The fourth-order valence-electron chi connectivity index (χ4n) is 2.54. The van der Waals surface area contributed by atoms with E-state index in [1.807, 2.05) is 20.8 Å². The second-order valence-electron chi connectivity index (χ2n) is 7.04. The van der Waals surface area contributed by atoms with E-state index in [9.17, 15) is 14.0 Å². The largest absolute Gasteiger partial charge is 0.339 e. The van der Waals surface area contributed by atoms with E-state index in [0.717, 1.165) is 0 Å². The van der Waals surface area contributed by atoms with Gasteiger partial charge in [-0.2, -0.15) is 0 Å². The van der Waals surface area contributed by atoms with Crippen molar-refractivity contribution in [3.05, 3.63) is 34.6 Å². The molecule has 0 N–H and O–H groups in total. The van der Waals surface area contributed by atoms with Gasteiger partial charge in [-0.15, -0.1) is 0 Å². The molecule has 0 atom stereocenters. The molecule has 1 aromatic carbocycles. The van der Waals surface area contributed by atoms with E-state index in [0.29, 0.717) is 38.2 Å². The fraction of sp³-hybridized carbons (Fsp3) is 0.529. The number of rotatable bonds is 2. The Hall–Kier alpha value is -1.62. The molecule has 6 heteroatoms. The highest BCUT2D eigenvalue weighted by Gasteiger charge is 2.27. The predicted octanol–water partition coefficient (Wildman–Crippen LogP) is 3.20. The summed E-state index contributed by atoms with van der Waals surface area (Å²) >= 11 is 5.72. The third-order valence-corrected chi connectivity index (χ3v) is 4.06. The van der Waals surface area contributed by atoms with Gasteiger partial charge in [0.2, 0.25) is 5.91 Å². The molecule has 0 spiro atoms. The molecule has 0 unspecified atom stereocenters. The monoisotopic (exact) mass is 340 g/mol. The minimum absolute atomic E-state index is 0.0467. The number of hydrogen-bond acceptors (Lipinski definition) is 2. The smallest absolute Gasteiger partial charge is 0.254 e. The van der Waals surface area contributed by atoms with Crippen molar-refractivity contribution in [1.82, 2.24) is 9.80 Å². The summed E-state index contributed by atoms with van der Waals surface area (Å²) in [6.45, 7) is 8.09. The summed E-state index contributed by atoms with van der Waals surface area (Å²) in [5, 5.41) is -0.0603. The summed E-state index contributed by atoms with van der Waals surface area (Å²) in [5.74, 6) is -0.606. The predicted molar refractivity (Wildman–Crippen MR) is 88.0 cm³/mol. The van der Waals surface area contributed by atoms with Crippen LogP contribution in [-0.4, -0.2) is 47.8 Å². The van der Waals surface area contributed by atoms with Crippen LogP contribution in [-0.2, 0) is 4.79 Å². The summed E-state index contributed by atoms with van der Waals surface area (Å²) < 4.78 is 13.2. The lowest BCUT2D eigenvalue weighted by Gasteiger charge is -2.36. The van der Waals surface area contributed by atoms with E-state index in [1.54, 1.807) is 9.80 Å². The first kappa shape index (κ1) is 17.7. The second-order valence-corrected chi connectivity index (χ2v) is 7.45. The number of piperazine rings is 1. The Balaban J connectivity index is 1.94. The van der Waals surface area contributed by atoms with Crippen LogP contribution in [0.25, 0.3) is 0 Å². The van der Waals surface area contributed by atoms with Crippen molar-refractivity contribution in [2.45, 2.75) is 27.2 Å². The third kappa shape index (κ3) is 4.67. The lowest BCUT2D eigenvalue weighted by atomic mass is 9.91. The number of halogens is 2. The van der Waals surface area contributed by atoms with Gasteiger partial charge in [-0.1, -0.05) is 32.4 Å². The molecule has 1 heterocycles. The van der Waals surface area contributed by atoms with Crippen molar-refractivity contribution >= 4 is 23.4 Å². The van der Waals surface area contributed by atoms with Crippen LogP contribution in [0.2, 0.25) is 5.02 Å². The van der Waals surface area contributed by atoms with Gasteiger partial charge in [-0.25, -0.2) is 4.39 Å². The van der Waals surface area contributed by atoms with E-state index in [-0.39, 0.29) is 22.3 Å². The summed E-state index contributed by atoms with van der Waals surface area (Å²) in [5.41, 5.74) is 0.320. The molecule has 23 heavy (non-hydrogen) atoms. The minimum atomic E-state index is -0.541. The van der Waals surface area contributed by atoms with Gasteiger partial charge < -0.3 is 9.80 Å². The van der Waals surface area contributed by atoms with Crippen molar-refractivity contribution < 1.29 is 14.0 Å². The molecule has 1 aliphatic heterocycles. The Labute approximate surface area is 141 Å². The van der Waals surface area contributed by atoms with Crippen LogP contribution < -0.4 is 0 Å². The number of hydrogen-bond donors (Lipinski definition) is 0. The van der Waals surface area contributed by atoms with E-state index in [2.05, 4.69) is 0 Å². The number of benzene rings is 1. The first-order chi connectivity index (χ1) is 10.7. The van der Waals surface area contributed by atoms with E-state index >= 15 is 0 Å². The molecule has 0 saturated carbocycles. The van der Waals surface area contributed by atoms with E-state index in [1.165, 1.54) is 18.2 Å². The van der Waals surface area contributed by atoms with E-state index in [4.69, 9.17) is 11.6 Å². The Morgan fingerprint density at radius 3 is 2.22 bits per heavy atom. The highest BCUT2D eigenvalue weighted by molar-refractivity contribution is 6.31. The van der Waals surface area contributed by atoms with Gasteiger partial charge in [0.1, 0.15) is 5.82 Å². The Kier molecular flexibility index (Phi) is 5.30. The van der Waals surface area contributed by atoms with Crippen LogP contribution in [0.4, 0.5) is 4.39 Å². The normalized spacial score (nSPS) is 15.7. The molecule has 2 rings (SSSR count). The van der Waals surface area contributed by atoms with Crippen molar-refractivity contribution in [3.8, 4) is 0 Å². The minimum Gasteiger partial charge on any atom is -0.339 e. The summed E-state index contributed by atoms with van der Waals surface area (Å²) in [7, 11) is 0. The van der Waals surface area contributed by atoms with Crippen LogP contribution in [0.3, 0.4) is 0 Å².